The maximum absolute atomic E-state index is 13.1. The summed E-state index contributed by atoms with van der Waals surface area (Å²) in [5.41, 5.74) is 9.68. The number of nitrogens with two attached hydrogens (primary N) is 1. The molecular formula is C17H23N5O2. The summed E-state index contributed by atoms with van der Waals surface area (Å²) < 4.78 is 7.32. The monoisotopic (exact) mass is 329 g/mol. The number of pyridine rings is 1. The molecule has 3 N–H and O–H groups in total. The van der Waals surface area contributed by atoms with Gasteiger partial charge in [0.15, 0.2) is 0 Å². The number of ether oxygens (including phenoxy) is 1. The van der Waals surface area contributed by atoms with E-state index < -0.39 is 0 Å². The van der Waals surface area contributed by atoms with Gasteiger partial charge < -0.3 is 15.0 Å². The molecule has 2 atom stereocenters. The molecule has 0 aliphatic carbocycles. The van der Waals surface area contributed by atoms with Crippen molar-refractivity contribution in [2.45, 2.75) is 39.4 Å². The first-order valence-electron chi connectivity index (χ1n) is 8.13. The maximum Gasteiger partial charge on any atom is 0.260 e. The van der Waals surface area contributed by atoms with Crippen molar-refractivity contribution in [2.75, 3.05) is 13.2 Å². The number of nitrogens with one attached hydrogen (secondary N) is 1. The smallest absolute Gasteiger partial charge is 0.260 e. The summed E-state index contributed by atoms with van der Waals surface area (Å²) >= 11 is 0. The normalized spacial score (nSPS) is 19.7. The summed E-state index contributed by atoms with van der Waals surface area (Å²) in [6.07, 6.45) is 2.17. The van der Waals surface area contributed by atoms with Crippen LogP contribution in [0.15, 0.2) is 28.1 Å². The van der Waals surface area contributed by atoms with Crippen LogP contribution in [0.2, 0.25) is 0 Å². The number of aromatic nitrogens is 3. The number of hydrogen-bond donors (Lipinski definition) is 2. The van der Waals surface area contributed by atoms with E-state index in [1.54, 1.807) is 12.3 Å². The van der Waals surface area contributed by atoms with Crippen molar-refractivity contribution < 1.29 is 4.74 Å². The minimum atomic E-state index is -0.296. The predicted molar refractivity (Wildman–Crippen MR) is 93.4 cm³/mol. The highest BCUT2D eigenvalue weighted by molar-refractivity contribution is 6.00. The Bertz CT molecular complexity index is 799. The van der Waals surface area contributed by atoms with E-state index in [4.69, 9.17) is 10.5 Å². The van der Waals surface area contributed by atoms with Crippen molar-refractivity contribution in [3.8, 4) is 11.3 Å². The summed E-state index contributed by atoms with van der Waals surface area (Å²) in [7, 11) is 0. The summed E-state index contributed by atoms with van der Waals surface area (Å²) in [5.74, 6) is 0. The average Bonchev–Trinajstić information content (AvgIpc) is 3.19. The molecule has 1 saturated heterocycles. The largest absolute Gasteiger partial charge is 0.379 e. The van der Waals surface area contributed by atoms with Crippen molar-refractivity contribution >= 4 is 5.71 Å². The van der Waals surface area contributed by atoms with Crippen molar-refractivity contribution in [1.29, 1.82) is 0 Å². The minimum Gasteiger partial charge on any atom is -0.379 e. The van der Waals surface area contributed by atoms with Crippen LogP contribution in [0.5, 0.6) is 0 Å². The second-order valence-corrected chi connectivity index (χ2v) is 6.18. The van der Waals surface area contributed by atoms with Crippen LogP contribution < -0.4 is 11.3 Å². The zero-order valence-electron chi connectivity index (χ0n) is 14.2. The highest BCUT2D eigenvalue weighted by Crippen LogP contribution is 2.24. The third-order valence-corrected chi connectivity index (χ3v) is 4.34. The van der Waals surface area contributed by atoms with Gasteiger partial charge in [-0.25, -0.2) is 0 Å². The lowest BCUT2D eigenvalue weighted by Gasteiger charge is -2.20. The van der Waals surface area contributed by atoms with E-state index >= 15 is 0 Å². The molecule has 0 aromatic carbocycles. The predicted octanol–water partition coefficient (Wildman–Crippen LogP) is 1.62. The Kier molecular flexibility index (Phi) is 4.64. The molecule has 2 aromatic rings. The Morgan fingerprint density at radius 3 is 2.96 bits per heavy atom. The Morgan fingerprint density at radius 1 is 1.58 bits per heavy atom. The van der Waals surface area contributed by atoms with Crippen LogP contribution in [0.25, 0.3) is 11.3 Å². The minimum absolute atomic E-state index is 0.0374. The molecule has 3 rings (SSSR count). The highest BCUT2D eigenvalue weighted by Gasteiger charge is 2.24. The first kappa shape index (κ1) is 16.6. The van der Waals surface area contributed by atoms with Crippen molar-refractivity contribution in [2.24, 2.45) is 10.7 Å². The first-order chi connectivity index (χ1) is 11.5. The molecule has 0 saturated carbocycles. The number of hydrogen-bond acceptors (Lipinski definition) is 5. The van der Waals surface area contributed by atoms with Gasteiger partial charge in [0.2, 0.25) is 0 Å². The standard InChI is InChI=1S/C17H23N5O2/c1-10(20-12(3)18)14-8-15(16-4-6-19-21-16)17(23)22(11(14)2)13-5-7-24-9-13/h4,6,8,12-13H,5,7,9,18H2,1-3H3,(H,19,21)/b20-10-/t12?,13-/m1/s1. The average molecular weight is 329 g/mol. The van der Waals surface area contributed by atoms with Gasteiger partial charge >= 0.3 is 0 Å². The molecule has 24 heavy (non-hydrogen) atoms. The van der Waals surface area contributed by atoms with Crippen LogP contribution in [0, 0.1) is 6.92 Å². The SMILES string of the molecule is C/C(=N/C(C)N)c1cc(-c2ccn[nH]2)c(=O)n([C@@H]2CCOC2)c1C. The lowest BCUT2D eigenvalue weighted by molar-refractivity contribution is 0.185. The van der Waals surface area contributed by atoms with Crippen molar-refractivity contribution in [1.82, 2.24) is 14.8 Å². The molecule has 0 spiro atoms. The zero-order chi connectivity index (χ0) is 17.3. The molecule has 1 aliphatic heterocycles. The number of aromatic amines is 1. The number of rotatable bonds is 4. The van der Waals surface area contributed by atoms with Crippen molar-refractivity contribution in [3.63, 3.8) is 0 Å². The topological polar surface area (TPSA) is 98.3 Å². The molecule has 0 bridgehead atoms. The third kappa shape index (κ3) is 3.05. The van der Waals surface area contributed by atoms with E-state index in [0.29, 0.717) is 24.5 Å². The fraction of sp³-hybridized carbons (Fsp3) is 0.471. The van der Waals surface area contributed by atoms with Gasteiger partial charge in [0.1, 0.15) is 0 Å². The van der Waals surface area contributed by atoms with Gasteiger partial charge in [-0.1, -0.05) is 0 Å². The Labute approximate surface area is 140 Å². The Hall–Kier alpha value is -2.25. The number of nitrogens with zero attached hydrogens (tertiary/aromatic N) is 3. The fourth-order valence-corrected chi connectivity index (χ4v) is 3.23. The summed E-state index contributed by atoms with van der Waals surface area (Å²) in [6, 6.07) is 3.71. The van der Waals surface area contributed by atoms with E-state index in [0.717, 1.165) is 23.4 Å². The van der Waals surface area contributed by atoms with Gasteiger partial charge in [-0.2, -0.15) is 5.10 Å². The molecule has 128 valence electrons. The van der Waals surface area contributed by atoms with E-state index in [1.807, 2.05) is 31.4 Å². The quantitative estimate of drug-likeness (QED) is 0.833. The van der Waals surface area contributed by atoms with E-state index in [-0.39, 0.29) is 17.8 Å². The number of H-pyrrole nitrogens is 1. The molecule has 1 fully saturated rings. The summed E-state index contributed by atoms with van der Waals surface area (Å²) in [6.45, 7) is 6.92. The Balaban J connectivity index is 2.24. The van der Waals surface area contributed by atoms with Crippen LogP contribution in [-0.2, 0) is 4.74 Å². The molecule has 1 unspecified atom stereocenters. The molecule has 7 heteroatoms. The Morgan fingerprint density at radius 2 is 2.38 bits per heavy atom. The van der Waals surface area contributed by atoms with E-state index in [9.17, 15) is 4.79 Å². The lowest BCUT2D eigenvalue weighted by Crippen LogP contribution is -2.30. The van der Waals surface area contributed by atoms with Crippen LogP contribution in [0.4, 0.5) is 0 Å². The molecule has 0 amide bonds. The van der Waals surface area contributed by atoms with Gasteiger partial charge in [0.25, 0.3) is 5.56 Å². The lowest BCUT2D eigenvalue weighted by atomic mass is 10.0. The summed E-state index contributed by atoms with van der Waals surface area (Å²) in [5, 5.41) is 6.84. The molecule has 3 heterocycles. The molecule has 0 radical (unpaired) electrons. The highest BCUT2D eigenvalue weighted by atomic mass is 16.5. The molecule has 2 aromatic heterocycles. The van der Waals surface area contributed by atoms with E-state index in [2.05, 4.69) is 15.2 Å². The second kappa shape index (κ2) is 6.70. The first-order valence-corrected chi connectivity index (χ1v) is 8.13. The number of aliphatic imine (C=N–C) groups is 1. The van der Waals surface area contributed by atoms with Crippen LogP contribution in [0.3, 0.4) is 0 Å². The second-order valence-electron chi connectivity index (χ2n) is 6.18. The third-order valence-electron chi connectivity index (χ3n) is 4.34. The van der Waals surface area contributed by atoms with Crippen LogP contribution in [-0.4, -0.2) is 39.9 Å². The van der Waals surface area contributed by atoms with Gasteiger partial charge in [0, 0.05) is 29.8 Å². The molecule has 1 aliphatic rings. The maximum atomic E-state index is 13.1. The van der Waals surface area contributed by atoms with Gasteiger partial charge in [-0.15, -0.1) is 0 Å². The van der Waals surface area contributed by atoms with Gasteiger partial charge in [-0.3, -0.25) is 14.9 Å². The summed E-state index contributed by atoms with van der Waals surface area (Å²) in [4.78, 5) is 17.5. The van der Waals surface area contributed by atoms with Gasteiger partial charge in [0.05, 0.1) is 30.1 Å². The van der Waals surface area contributed by atoms with E-state index in [1.165, 1.54) is 0 Å². The van der Waals surface area contributed by atoms with Crippen LogP contribution in [0.1, 0.15) is 37.6 Å². The molecular weight excluding hydrogens is 306 g/mol. The molecule has 7 nitrogen and oxygen atoms in total. The fourth-order valence-electron chi connectivity index (χ4n) is 3.23. The zero-order valence-corrected chi connectivity index (χ0v) is 14.2. The van der Waals surface area contributed by atoms with Crippen molar-refractivity contribution in [3.05, 3.63) is 39.9 Å². The van der Waals surface area contributed by atoms with Crippen LogP contribution >= 0.6 is 0 Å². The van der Waals surface area contributed by atoms with Gasteiger partial charge in [-0.05, 0) is 39.3 Å².